The topological polar surface area (TPSA) is 110 Å². The maximum absolute atomic E-state index is 13.9. The zero-order valence-corrected chi connectivity index (χ0v) is 33.3. The van der Waals surface area contributed by atoms with Gasteiger partial charge in [0.25, 0.3) is 5.91 Å². The highest BCUT2D eigenvalue weighted by molar-refractivity contribution is 8.14. The van der Waals surface area contributed by atoms with Gasteiger partial charge in [-0.2, -0.15) is 0 Å². The smallest absolute Gasteiger partial charge is 0.259 e. The van der Waals surface area contributed by atoms with Crippen molar-refractivity contribution in [1.29, 1.82) is 0 Å². The number of benzene rings is 1. The van der Waals surface area contributed by atoms with Gasteiger partial charge in [0.2, 0.25) is 5.91 Å². The highest BCUT2D eigenvalue weighted by Gasteiger charge is 2.49. The molecule has 0 radical (unpaired) electrons. The Bertz CT molecular complexity index is 1800. The molecule has 11 heteroatoms. The Labute approximate surface area is 313 Å². The predicted octanol–water partition coefficient (Wildman–Crippen LogP) is 7.12. The Morgan fingerprint density at radius 1 is 1.15 bits per heavy atom. The number of thioether (sulfide) groups is 1. The fourth-order valence-electron chi connectivity index (χ4n) is 8.24. The summed E-state index contributed by atoms with van der Waals surface area (Å²) in [5, 5.41) is 6.99. The third kappa shape index (κ3) is 7.98. The molecule has 2 aromatic heterocycles. The quantitative estimate of drug-likeness (QED) is 0.182. The summed E-state index contributed by atoms with van der Waals surface area (Å²) in [4.78, 5) is 37.2. The van der Waals surface area contributed by atoms with Gasteiger partial charge in [-0.25, -0.2) is 5.43 Å². The van der Waals surface area contributed by atoms with Crippen molar-refractivity contribution < 1.29 is 19.1 Å². The lowest BCUT2D eigenvalue weighted by Crippen LogP contribution is -2.58. The first-order valence-corrected chi connectivity index (χ1v) is 20.0. The number of nitrogens with one attached hydrogen (secondary N) is 2. The summed E-state index contributed by atoms with van der Waals surface area (Å²) in [6, 6.07) is 10.5. The number of carbonyl (C=O) groups is 2. The van der Waals surface area contributed by atoms with Crippen LogP contribution in [0.5, 0.6) is 0 Å². The van der Waals surface area contributed by atoms with Crippen LogP contribution in [0, 0.1) is 23.2 Å². The lowest BCUT2D eigenvalue weighted by Gasteiger charge is -2.34. The molecule has 1 saturated carbocycles. The molecule has 10 nitrogen and oxygen atoms in total. The number of aliphatic imine (C=N–C) groups is 1. The van der Waals surface area contributed by atoms with E-state index in [1.165, 1.54) is 22.2 Å². The van der Waals surface area contributed by atoms with Crippen LogP contribution in [0.1, 0.15) is 96.7 Å². The third-order valence-electron chi connectivity index (χ3n) is 11.4. The molecule has 6 atom stereocenters. The lowest BCUT2D eigenvalue weighted by molar-refractivity contribution is -0.141. The monoisotopic (exact) mass is 730 g/mol. The van der Waals surface area contributed by atoms with E-state index < -0.39 is 6.04 Å². The zero-order chi connectivity index (χ0) is 37.3. The Morgan fingerprint density at radius 3 is 2.60 bits per heavy atom. The lowest BCUT2D eigenvalue weighted by atomic mass is 9.84. The van der Waals surface area contributed by atoms with Crippen molar-refractivity contribution in [3.05, 3.63) is 53.3 Å². The molecule has 2 fully saturated rings. The van der Waals surface area contributed by atoms with Crippen LogP contribution in [-0.2, 0) is 32.0 Å². The first-order chi connectivity index (χ1) is 24.9. The summed E-state index contributed by atoms with van der Waals surface area (Å²) in [6.45, 7) is 17.1. The number of amides is 2. The summed E-state index contributed by atoms with van der Waals surface area (Å²) in [7, 11) is 3.50. The van der Waals surface area contributed by atoms with Crippen LogP contribution in [0.2, 0.25) is 0 Å². The molecule has 4 heterocycles. The van der Waals surface area contributed by atoms with Crippen LogP contribution < -0.4 is 10.7 Å². The molecule has 0 bridgehead atoms. The molecule has 2 aliphatic heterocycles. The minimum Gasteiger partial charge on any atom is -0.384 e. The number of nitrogens with zero attached hydrogens (tertiary/aromatic N) is 4. The highest BCUT2D eigenvalue weighted by Crippen LogP contribution is 2.46. The molecule has 2 amide bonds. The van der Waals surface area contributed by atoms with Crippen LogP contribution in [0.15, 0.2) is 41.5 Å². The number of aromatic nitrogens is 2. The normalized spacial score (nSPS) is 24.5. The van der Waals surface area contributed by atoms with Gasteiger partial charge < -0.3 is 19.4 Å². The molecule has 282 valence electrons. The maximum atomic E-state index is 13.9. The Hall–Kier alpha value is -3.25. The van der Waals surface area contributed by atoms with E-state index in [4.69, 9.17) is 19.5 Å². The number of fused-ring (bicyclic) bond motifs is 1. The number of rotatable bonds is 14. The molecule has 1 unspecified atom stereocenters. The molecular formula is C41H58N6O4S. The van der Waals surface area contributed by atoms with E-state index in [0.717, 1.165) is 53.4 Å². The highest BCUT2D eigenvalue weighted by atomic mass is 32.2. The molecule has 1 saturated heterocycles. The minimum atomic E-state index is -0.656. The molecule has 1 aromatic carbocycles. The second kappa shape index (κ2) is 16.0. The second-order valence-electron chi connectivity index (χ2n) is 16.0. The van der Waals surface area contributed by atoms with Gasteiger partial charge in [-0.05, 0) is 92.7 Å². The van der Waals surface area contributed by atoms with Crippen molar-refractivity contribution in [3.63, 3.8) is 0 Å². The van der Waals surface area contributed by atoms with E-state index in [-0.39, 0.29) is 41.3 Å². The Morgan fingerprint density at radius 2 is 1.92 bits per heavy atom. The summed E-state index contributed by atoms with van der Waals surface area (Å²) >= 11 is 1.70. The average Bonchev–Trinajstić information content (AvgIpc) is 3.41. The van der Waals surface area contributed by atoms with Gasteiger partial charge in [0.1, 0.15) is 6.04 Å². The van der Waals surface area contributed by atoms with Crippen molar-refractivity contribution in [2.75, 3.05) is 33.1 Å². The van der Waals surface area contributed by atoms with Gasteiger partial charge >= 0.3 is 0 Å². The fourth-order valence-corrected chi connectivity index (χ4v) is 9.34. The van der Waals surface area contributed by atoms with Crippen molar-refractivity contribution in [3.8, 4) is 11.3 Å². The van der Waals surface area contributed by atoms with Gasteiger partial charge in [0, 0.05) is 74.1 Å². The number of hydrogen-bond donors (Lipinski definition) is 2. The van der Waals surface area contributed by atoms with Gasteiger partial charge in [-0.3, -0.25) is 24.6 Å². The summed E-state index contributed by atoms with van der Waals surface area (Å²) in [5.74, 6) is 1.32. The van der Waals surface area contributed by atoms with Crippen LogP contribution in [0.25, 0.3) is 22.2 Å². The van der Waals surface area contributed by atoms with Gasteiger partial charge in [-0.15, -0.1) is 11.8 Å². The number of ether oxygens (including phenoxy) is 2. The zero-order valence-electron chi connectivity index (χ0n) is 32.5. The minimum absolute atomic E-state index is 0.0224. The number of carbonyl (C=O) groups excluding carboxylic acids is 2. The van der Waals surface area contributed by atoms with Crippen molar-refractivity contribution in [1.82, 2.24) is 25.3 Å². The van der Waals surface area contributed by atoms with Gasteiger partial charge in [0.05, 0.1) is 35.2 Å². The van der Waals surface area contributed by atoms with Crippen LogP contribution in [0.3, 0.4) is 0 Å². The van der Waals surface area contributed by atoms with E-state index >= 15 is 0 Å². The van der Waals surface area contributed by atoms with Gasteiger partial charge in [-0.1, -0.05) is 33.8 Å². The molecule has 52 heavy (non-hydrogen) atoms. The first-order valence-electron chi connectivity index (χ1n) is 19.1. The molecule has 1 aliphatic carbocycles. The van der Waals surface area contributed by atoms with Gasteiger partial charge in [0.15, 0.2) is 0 Å². The fraction of sp³-hybridized carbons (Fsp3) is 0.610. The molecule has 3 aromatic rings. The van der Waals surface area contributed by atoms with Crippen LogP contribution in [-0.4, -0.2) is 76.6 Å². The first kappa shape index (κ1) is 38.5. The van der Waals surface area contributed by atoms with E-state index in [1.54, 1.807) is 31.0 Å². The standard InChI is InChI=1S/C41H58N6O4S/c1-10-46-34-16-15-28(19-30(34)31(21-41(6,7)23-50-8)38(46)29-14-11-17-42-37(29)27(5)51-9)33-22-52-35(43-33)20-32(44-39(48)36-25(3)26(36)4)40(49)47-18-12-13-24(2)45-47/h11,14-17,19,24-27,32-33,36,45H,10,12-13,18,20-23H2,1-9H3,(H,44,48)/t24-,25-,26-,27+,32+,33?/m1/s1. The van der Waals surface area contributed by atoms with Crippen LogP contribution in [0.4, 0.5) is 0 Å². The van der Waals surface area contributed by atoms with Crippen molar-refractivity contribution in [2.24, 2.45) is 28.2 Å². The van der Waals surface area contributed by atoms with E-state index in [9.17, 15) is 9.59 Å². The molecule has 2 N–H and O–H groups in total. The largest absolute Gasteiger partial charge is 0.384 e. The molecule has 3 aliphatic rings. The van der Waals surface area contributed by atoms with Crippen molar-refractivity contribution in [2.45, 2.75) is 105 Å². The Kier molecular flexibility index (Phi) is 11.8. The number of methoxy groups -OCH3 is 2. The molecule has 6 rings (SSSR count). The maximum Gasteiger partial charge on any atom is 0.259 e. The summed E-state index contributed by atoms with van der Waals surface area (Å²) in [6.07, 6.45) is 4.85. The van der Waals surface area contributed by atoms with Crippen molar-refractivity contribution >= 4 is 39.5 Å². The summed E-state index contributed by atoms with van der Waals surface area (Å²) < 4.78 is 13.9. The third-order valence-corrected chi connectivity index (χ3v) is 12.5. The molecule has 0 spiro atoms. The number of aryl methyl sites for hydroxylation is 1. The SMILES string of the molecule is CCn1c(-c2cccnc2[C@H](C)OC)c(CC(C)(C)COC)c2cc(C3CSC(C[C@H](NC(=O)C4[C@H](C)[C@H]4C)C(=O)N4CCC[C@@H](C)N4)=N3)ccc21. The van der Waals surface area contributed by atoms with Crippen LogP contribution >= 0.6 is 11.8 Å². The predicted molar refractivity (Wildman–Crippen MR) is 210 cm³/mol. The average molecular weight is 731 g/mol. The van der Waals surface area contributed by atoms with E-state index in [0.29, 0.717) is 31.4 Å². The number of hydrogen-bond acceptors (Lipinski definition) is 8. The number of pyridine rings is 1. The second-order valence-corrected chi connectivity index (χ2v) is 17.1. The summed E-state index contributed by atoms with van der Waals surface area (Å²) in [5.41, 5.74) is 10.0. The Balaban J connectivity index is 1.35. The van der Waals surface area contributed by atoms with E-state index in [2.05, 4.69) is 81.1 Å². The molecular weight excluding hydrogens is 673 g/mol. The van der Waals surface area contributed by atoms with E-state index in [1.807, 2.05) is 19.2 Å². The number of hydrazine groups is 1.